The first-order valence-electron chi connectivity index (χ1n) is 5.49. The molecule has 0 radical (unpaired) electrons. The van der Waals surface area contributed by atoms with Gasteiger partial charge in [0, 0.05) is 34.4 Å². The van der Waals surface area contributed by atoms with Crippen molar-refractivity contribution in [1.29, 1.82) is 0 Å². The summed E-state index contributed by atoms with van der Waals surface area (Å²) in [5, 5.41) is 13.7. The zero-order valence-corrected chi connectivity index (χ0v) is 10.7. The largest absolute Gasteiger partial charge is 0.385 e. The van der Waals surface area contributed by atoms with Gasteiger partial charge in [0.25, 0.3) is 0 Å². The molecular weight excluding hydrogens is 238 g/mol. The summed E-state index contributed by atoms with van der Waals surface area (Å²) >= 11 is 0. The number of nitrogens with one attached hydrogen (secondary N) is 1. The maximum Gasteiger partial charge on any atom is 0.329 e. The molecule has 1 N–H and O–H groups in total. The number of rotatable bonds is 7. The highest BCUT2D eigenvalue weighted by Gasteiger charge is 2.20. The summed E-state index contributed by atoms with van der Waals surface area (Å²) in [5.74, 6) is 0.657. The number of ether oxygens (including phenoxy) is 1. The topological polar surface area (TPSA) is 93.4 Å². The van der Waals surface area contributed by atoms with Crippen LogP contribution < -0.4 is 10.2 Å². The van der Waals surface area contributed by atoms with Crippen molar-refractivity contribution in [2.75, 3.05) is 44.6 Å². The van der Waals surface area contributed by atoms with E-state index in [2.05, 4.69) is 15.3 Å². The number of hydrogen-bond acceptors (Lipinski definition) is 7. The lowest BCUT2D eigenvalue weighted by Crippen LogP contribution is -2.22. The van der Waals surface area contributed by atoms with E-state index < -0.39 is 4.92 Å². The van der Waals surface area contributed by atoms with Crippen LogP contribution >= 0.6 is 0 Å². The first-order chi connectivity index (χ1) is 8.60. The quantitative estimate of drug-likeness (QED) is 0.439. The number of methoxy groups -OCH3 is 1. The molecule has 0 bridgehead atoms. The third-order valence-electron chi connectivity index (χ3n) is 2.37. The monoisotopic (exact) mass is 255 g/mol. The molecule has 0 amide bonds. The van der Waals surface area contributed by atoms with Crippen LogP contribution in [0.4, 0.5) is 17.5 Å². The van der Waals surface area contributed by atoms with Gasteiger partial charge >= 0.3 is 5.69 Å². The fourth-order valence-electron chi connectivity index (χ4n) is 1.45. The van der Waals surface area contributed by atoms with E-state index >= 15 is 0 Å². The molecule has 0 spiro atoms. The minimum absolute atomic E-state index is 0.103. The maximum atomic E-state index is 10.9. The van der Waals surface area contributed by atoms with Crippen molar-refractivity contribution in [1.82, 2.24) is 9.97 Å². The number of aromatic nitrogens is 2. The molecule has 0 aliphatic carbocycles. The number of nitrogens with zero attached hydrogens (tertiary/aromatic N) is 4. The molecule has 1 aromatic heterocycles. The van der Waals surface area contributed by atoms with Gasteiger partial charge in [-0.1, -0.05) is 0 Å². The van der Waals surface area contributed by atoms with Crippen LogP contribution in [0.2, 0.25) is 0 Å². The third-order valence-corrected chi connectivity index (χ3v) is 2.37. The zero-order chi connectivity index (χ0) is 13.5. The molecule has 8 heteroatoms. The van der Waals surface area contributed by atoms with Crippen molar-refractivity contribution < 1.29 is 9.66 Å². The van der Waals surface area contributed by atoms with Gasteiger partial charge in [-0.2, -0.15) is 4.98 Å². The minimum atomic E-state index is -0.485. The van der Waals surface area contributed by atoms with Crippen molar-refractivity contribution in [2.24, 2.45) is 0 Å². The Hall–Kier alpha value is -1.96. The molecule has 0 fully saturated rings. The van der Waals surface area contributed by atoms with E-state index in [0.29, 0.717) is 24.9 Å². The highest BCUT2D eigenvalue weighted by Crippen LogP contribution is 2.24. The molecule has 0 atom stereocenters. The molecule has 100 valence electrons. The van der Waals surface area contributed by atoms with Crippen LogP contribution in [0.15, 0.2) is 6.20 Å². The first kappa shape index (κ1) is 14.1. The standard InChI is InChI=1S/C10H17N5O3/c1-11-10-12-7-8(15(16)17)9(13-10)14(2)5-4-6-18-3/h7H,4-6H2,1-3H3,(H,11,12,13). The fraction of sp³-hybridized carbons (Fsp3) is 0.600. The summed E-state index contributed by atoms with van der Waals surface area (Å²) in [6.07, 6.45) is 1.98. The second kappa shape index (κ2) is 6.70. The number of nitro groups is 1. The van der Waals surface area contributed by atoms with Gasteiger partial charge in [0.05, 0.1) is 4.92 Å². The maximum absolute atomic E-state index is 10.9. The van der Waals surface area contributed by atoms with Crippen LogP contribution in [0.1, 0.15) is 6.42 Å². The molecule has 1 heterocycles. The van der Waals surface area contributed by atoms with Gasteiger partial charge in [-0.3, -0.25) is 10.1 Å². The Morgan fingerprint density at radius 3 is 2.89 bits per heavy atom. The Balaban J connectivity index is 2.92. The molecule has 0 unspecified atom stereocenters. The van der Waals surface area contributed by atoms with E-state index in [1.54, 1.807) is 26.1 Å². The summed E-state index contributed by atoms with van der Waals surface area (Å²) in [6.45, 7) is 1.22. The summed E-state index contributed by atoms with van der Waals surface area (Å²) in [6, 6.07) is 0. The van der Waals surface area contributed by atoms with Crippen LogP contribution in [0.3, 0.4) is 0 Å². The molecule has 1 aromatic rings. The predicted octanol–water partition coefficient (Wildman–Crippen LogP) is 0.899. The summed E-state index contributed by atoms with van der Waals surface area (Å²) in [7, 11) is 5.03. The second-order valence-corrected chi connectivity index (χ2v) is 3.68. The molecule has 0 aliphatic heterocycles. The summed E-state index contributed by atoms with van der Waals surface area (Å²) < 4.78 is 4.95. The van der Waals surface area contributed by atoms with Gasteiger partial charge in [0.1, 0.15) is 6.20 Å². The van der Waals surface area contributed by atoms with Crippen LogP contribution in [0.5, 0.6) is 0 Å². The predicted molar refractivity (Wildman–Crippen MR) is 68.0 cm³/mol. The van der Waals surface area contributed by atoms with Crippen LogP contribution in [0.25, 0.3) is 0 Å². The average Bonchev–Trinajstić information content (AvgIpc) is 2.38. The zero-order valence-electron chi connectivity index (χ0n) is 10.7. The van der Waals surface area contributed by atoms with Crippen LogP contribution in [0, 0.1) is 10.1 Å². The molecule has 0 aromatic carbocycles. The Morgan fingerprint density at radius 2 is 2.33 bits per heavy atom. The number of hydrogen-bond donors (Lipinski definition) is 1. The van der Waals surface area contributed by atoms with Gasteiger partial charge in [-0.25, -0.2) is 4.98 Å². The van der Waals surface area contributed by atoms with E-state index in [1.807, 2.05) is 0 Å². The lowest BCUT2D eigenvalue weighted by Gasteiger charge is -2.17. The van der Waals surface area contributed by atoms with Crippen molar-refractivity contribution in [3.63, 3.8) is 0 Å². The molecular formula is C10H17N5O3. The Labute approximate surface area is 105 Å². The molecule has 1 rings (SSSR count). The third kappa shape index (κ3) is 3.52. The minimum Gasteiger partial charge on any atom is -0.385 e. The number of anilines is 2. The second-order valence-electron chi connectivity index (χ2n) is 3.68. The van der Waals surface area contributed by atoms with E-state index in [4.69, 9.17) is 4.74 Å². The van der Waals surface area contributed by atoms with Crippen molar-refractivity contribution in [3.05, 3.63) is 16.3 Å². The highest BCUT2D eigenvalue weighted by molar-refractivity contribution is 5.58. The van der Waals surface area contributed by atoms with Gasteiger partial charge < -0.3 is 15.0 Å². The Bertz CT molecular complexity index is 412. The highest BCUT2D eigenvalue weighted by atomic mass is 16.6. The lowest BCUT2D eigenvalue weighted by molar-refractivity contribution is -0.384. The van der Waals surface area contributed by atoms with E-state index in [-0.39, 0.29) is 5.69 Å². The van der Waals surface area contributed by atoms with Gasteiger partial charge in [-0.15, -0.1) is 0 Å². The van der Waals surface area contributed by atoms with E-state index in [0.717, 1.165) is 6.42 Å². The van der Waals surface area contributed by atoms with Crippen molar-refractivity contribution >= 4 is 17.5 Å². The Kier molecular flexibility index (Phi) is 5.25. The van der Waals surface area contributed by atoms with Gasteiger partial charge in [-0.05, 0) is 6.42 Å². The van der Waals surface area contributed by atoms with Crippen molar-refractivity contribution in [2.45, 2.75) is 6.42 Å². The summed E-state index contributed by atoms with van der Waals surface area (Å²) in [4.78, 5) is 20.1. The van der Waals surface area contributed by atoms with Gasteiger partial charge in [0.15, 0.2) is 0 Å². The normalized spacial score (nSPS) is 10.2. The SMILES string of the molecule is CNc1ncc([N+](=O)[O-])c(N(C)CCCOC)n1. The molecule has 18 heavy (non-hydrogen) atoms. The lowest BCUT2D eigenvalue weighted by atomic mass is 10.4. The Morgan fingerprint density at radius 1 is 1.61 bits per heavy atom. The average molecular weight is 255 g/mol. The first-order valence-corrected chi connectivity index (χ1v) is 5.49. The molecule has 0 saturated heterocycles. The molecule has 8 nitrogen and oxygen atoms in total. The molecule has 0 aliphatic rings. The summed E-state index contributed by atoms with van der Waals surface area (Å²) in [5.41, 5.74) is -0.103. The fourth-order valence-corrected chi connectivity index (χ4v) is 1.45. The smallest absolute Gasteiger partial charge is 0.329 e. The molecule has 0 saturated carbocycles. The van der Waals surface area contributed by atoms with Crippen molar-refractivity contribution in [3.8, 4) is 0 Å². The van der Waals surface area contributed by atoms with Gasteiger partial charge in [0.2, 0.25) is 11.8 Å². The van der Waals surface area contributed by atoms with E-state index in [1.165, 1.54) is 6.20 Å². The van der Waals surface area contributed by atoms with E-state index in [9.17, 15) is 10.1 Å². The van der Waals surface area contributed by atoms with Crippen LogP contribution in [-0.2, 0) is 4.74 Å². The van der Waals surface area contributed by atoms with Crippen LogP contribution in [-0.4, -0.2) is 49.2 Å².